The summed E-state index contributed by atoms with van der Waals surface area (Å²) >= 11 is 0. The van der Waals surface area contributed by atoms with Gasteiger partial charge in [-0.05, 0) is 36.6 Å². The lowest BCUT2D eigenvalue weighted by molar-refractivity contribution is 0.629. The van der Waals surface area contributed by atoms with Crippen molar-refractivity contribution >= 4 is 16.9 Å². The number of guanidine groups is 1. The minimum absolute atomic E-state index is 0.227. The van der Waals surface area contributed by atoms with Crippen molar-refractivity contribution < 1.29 is 4.39 Å². The Morgan fingerprint density at radius 2 is 2.32 bits per heavy atom. The second-order valence-corrected chi connectivity index (χ2v) is 4.45. The maximum Gasteiger partial charge on any atom is 0.188 e. The highest BCUT2D eigenvalue weighted by Crippen LogP contribution is 2.19. The highest BCUT2D eigenvalue weighted by Gasteiger charge is 2.04. The number of benzene rings is 1. The van der Waals surface area contributed by atoms with Crippen molar-refractivity contribution in [2.45, 2.75) is 19.8 Å². The summed E-state index contributed by atoms with van der Waals surface area (Å²) in [6.07, 6.45) is 3.70. The Kier molecular flexibility index (Phi) is 4.39. The summed E-state index contributed by atoms with van der Waals surface area (Å²) in [5.74, 6) is 0.253. The molecule has 1 heterocycles. The molecule has 1 aromatic carbocycles. The van der Waals surface area contributed by atoms with E-state index in [1.165, 1.54) is 12.1 Å². The number of aromatic nitrogens is 1. The molecule has 0 saturated heterocycles. The standard InChI is InChI=1S/C14H19FN4/c1-2-6-17-14(16)18-7-5-10-9-19-13-8-11(15)3-4-12(10)13/h3-4,8-9,19H,2,5-7H2,1H3,(H3,16,17,18). The average molecular weight is 262 g/mol. The Morgan fingerprint density at radius 3 is 3.11 bits per heavy atom. The smallest absolute Gasteiger partial charge is 0.188 e. The first-order valence-electron chi connectivity index (χ1n) is 6.50. The molecule has 2 rings (SSSR count). The van der Waals surface area contributed by atoms with Crippen molar-refractivity contribution in [3.63, 3.8) is 0 Å². The molecular formula is C14H19FN4. The van der Waals surface area contributed by atoms with Crippen LogP contribution in [0.5, 0.6) is 0 Å². The quantitative estimate of drug-likeness (QED) is 0.571. The van der Waals surface area contributed by atoms with E-state index in [0.29, 0.717) is 12.5 Å². The number of nitrogens with two attached hydrogens (primary N) is 1. The van der Waals surface area contributed by atoms with Gasteiger partial charge in [0.25, 0.3) is 0 Å². The SMILES string of the molecule is CCCN=C(N)NCCc1c[nH]c2cc(F)ccc12. The molecule has 1 aromatic heterocycles. The summed E-state index contributed by atoms with van der Waals surface area (Å²) in [6.45, 7) is 3.51. The zero-order valence-corrected chi connectivity index (χ0v) is 11.0. The van der Waals surface area contributed by atoms with E-state index in [-0.39, 0.29) is 5.82 Å². The highest BCUT2D eigenvalue weighted by molar-refractivity contribution is 5.83. The molecule has 19 heavy (non-hydrogen) atoms. The Hall–Kier alpha value is -2.04. The molecule has 0 saturated carbocycles. The first-order chi connectivity index (χ1) is 9.20. The number of nitrogens with zero attached hydrogens (tertiary/aromatic N) is 1. The monoisotopic (exact) mass is 262 g/mol. The van der Waals surface area contributed by atoms with Crippen LogP contribution in [0.25, 0.3) is 10.9 Å². The lowest BCUT2D eigenvalue weighted by Gasteiger charge is -2.04. The minimum Gasteiger partial charge on any atom is -0.370 e. The van der Waals surface area contributed by atoms with Crippen LogP contribution >= 0.6 is 0 Å². The zero-order valence-electron chi connectivity index (χ0n) is 11.0. The van der Waals surface area contributed by atoms with Crippen LogP contribution in [-0.2, 0) is 6.42 Å². The van der Waals surface area contributed by atoms with Crippen LogP contribution in [-0.4, -0.2) is 24.0 Å². The molecule has 2 aromatic rings. The van der Waals surface area contributed by atoms with Gasteiger partial charge in [-0.3, -0.25) is 4.99 Å². The third-order valence-corrected chi connectivity index (χ3v) is 2.94. The van der Waals surface area contributed by atoms with Crippen LogP contribution in [0.2, 0.25) is 0 Å². The van der Waals surface area contributed by atoms with Gasteiger partial charge in [0.05, 0.1) is 0 Å². The molecule has 0 bridgehead atoms. The normalized spacial score (nSPS) is 12.0. The molecule has 5 heteroatoms. The molecule has 0 fully saturated rings. The molecule has 0 aliphatic heterocycles. The number of H-pyrrole nitrogens is 1. The van der Waals surface area contributed by atoms with E-state index in [2.05, 4.69) is 22.2 Å². The fraction of sp³-hybridized carbons (Fsp3) is 0.357. The van der Waals surface area contributed by atoms with Gasteiger partial charge in [-0.25, -0.2) is 4.39 Å². The summed E-state index contributed by atoms with van der Waals surface area (Å²) in [6, 6.07) is 4.78. The fourth-order valence-electron chi connectivity index (χ4n) is 1.98. The molecule has 0 unspecified atom stereocenters. The Labute approximate surface area is 111 Å². The van der Waals surface area contributed by atoms with Crippen molar-refractivity contribution in [3.8, 4) is 0 Å². The lowest BCUT2D eigenvalue weighted by atomic mass is 10.1. The summed E-state index contributed by atoms with van der Waals surface area (Å²) in [4.78, 5) is 7.23. The van der Waals surface area contributed by atoms with Crippen molar-refractivity contribution in [3.05, 3.63) is 35.8 Å². The van der Waals surface area contributed by atoms with E-state index in [1.807, 2.05) is 6.20 Å². The number of fused-ring (bicyclic) bond motifs is 1. The molecule has 0 spiro atoms. The van der Waals surface area contributed by atoms with Crippen LogP contribution in [0.15, 0.2) is 29.4 Å². The predicted octanol–water partition coefficient (Wildman–Crippen LogP) is 2.16. The van der Waals surface area contributed by atoms with Crippen LogP contribution in [0.4, 0.5) is 4.39 Å². The molecule has 0 atom stereocenters. The van der Waals surface area contributed by atoms with E-state index in [1.54, 1.807) is 6.07 Å². The van der Waals surface area contributed by atoms with E-state index >= 15 is 0 Å². The van der Waals surface area contributed by atoms with Gasteiger partial charge in [-0.15, -0.1) is 0 Å². The van der Waals surface area contributed by atoms with Crippen LogP contribution in [0.3, 0.4) is 0 Å². The third kappa shape index (κ3) is 3.47. The van der Waals surface area contributed by atoms with E-state index in [9.17, 15) is 4.39 Å². The second-order valence-electron chi connectivity index (χ2n) is 4.45. The first kappa shape index (κ1) is 13.4. The van der Waals surface area contributed by atoms with Crippen molar-refractivity contribution in [2.24, 2.45) is 10.7 Å². The van der Waals surface area contributed by atoms with Crippen molar-refractivity contribution in [2.75, 3.05) is 13.1 Å². The molecule has 102 valence electrons. The number of aliphatic imine (C=N–C) groups is 1. The number of rotatable bonds is 5. The van der Waals surface area contributed by atoms with Crippen LogP contribution in [0.1, 0.15) is 18.9 Å². The van der Waals surface area contributed by atoms with E-state index in [4.69, 9.17) is 5.73 Å². The summed E-state index contributed by atoms with van der Waals surface area (Å²) < 4.78 is 13.1. The first-order valence-corrected chi connectivity index (χ1v) is 6.50. The topological polar surface area (TPSA) is 66.2 Å². The average Bonchev–Trinajstić information content (AvgIpc) is 2.79. The molecule has 0 aliphatic rings. The van der Waals surface area contributed by atoms with E-state index < -0.39 is 0 Å². The van der Waals surface area contributed by atoms with Crippen LogP contribution < -0.4 is 11.1 Å². The Balaban J connectivity index is 1.95. The predicted molar refractivity (Wildman–Crippen MR) is 76.7 cm³/mol. The lowest BCUT2D eigenvalue weighted by Crippen LogP contribution is -2.33. The van der Waals surface area contributed by atoms with Gasteiger partial charge < -0.3 is 16.0 Å². The zero-order chi connectivity index (χ0) is 13.7. The number of aromatic amines is 1. The third-order valence-electron chi connectivity index (χ3n) is 2.94. The Bertz CT molecular complexity index is 574. The maximum absolute atomic E-state index is 13.1. The highest BCUT2D eigenvalue weighted by atomic mass is 19.1. The molecule has 0 amide bonds. The minimum atomic E-state index is -0.227. The summed E-state index contributed by atoms with van der Waals surface area (Å²) in [5, 5.41) is 4.12. The number of halogens is 1. The summed E-state index contributed by atoms with van der Waals surface area (Å²) in [7, 11) is 0. The summed E-state index contributed by atoms with van der Waals surface area (Å²) in [5.41, 5.74) is 7.68. The van der Waals surface area contributed by atoms with Crippen LogP contribution in [0, 0.1) is 5.82 Å². The maximum atomic E-state index is 13.1. The fourth-order valence-corrected chi connectivity index (χ4v) is 1.98. The largest absolute Gasteiger partial charge is 0.370 e. The molecular weight excluding hydrogens is 243 g/mol. The Morgan fingerprint density at radius 1 is 1.47 bits per heavy atom. The van der Waals surface area contributed by atoms with Crippen molar-refractivity contribution in [1.29, 1.82) is 0 Å². The van der Waals surface area contributed by atoms with Gasteiger partial charge in [0, 0.05) is 30.2 Å². The van der Waals surface area contributed by atoms with Crippen molar-refractivity contribution in [1.82, 2.24) is 10.3 Å². The number of nitrogens with one attached hydrogen (secondary N) is 2. The second kappa shape index (κ2) is 6.22. The van der Waals surface area contributed by atoms with Gasteiger partial charge in [-0.1, -0.05) is 6.92 Å². The van der Waals surface area contributed by atoms with Gasteiger partial charge in [0.15, 0.2) is 5.96 Å². The van der Waals surface area contributed by atoms with Gasteiger partial charge >= 0.3 is 0 Å². The molecule has 0 radical (unpaired) electrons. The number of hydrogen-bond donors (Lipinski definition) is 3. The molecule has 4 nitrogen and oxygen atoms in total. The van der Waals surface area contributed by atoms with Gasteiger partial charge in [-0.2, -0.15) is 0 Å². The number of hydrogen-bond acceptors (Lipinski definition) is 1. The van der Waals surface area contributed by atoms with Gasteiger partial charge in [0.1, 0.15) is 5.82 Å². The molecule has 4 N–H and O–H groups in total. The van der Waals surface area contributed by atoms with Gasteiger partial charge in [0.2, 0.25) is 0 Å². The van der Waals surface area contributed by atoms with E-state index in [0.717, 1.165) is 35.9 Å². The molecule has 0 aliphatic carbocycles.